The Hall–Kier alpha value is -1.45. The maximum Gasteiger partial charge on any atom is 0.397 e. The monoisotopic (exact) mass is 308 g/mol. The molecule has 0 radical (unpaired) electrons. The summed E-state index contributed by atoms with van der Waals surface area (Å²) < 4.78 is 32.9. The van der Waals surface area contributed by atoms with E-state index in [-0.39, 0.29) is 12.5 Å². The van der Waals surface area contributed by atoms with Crippen molar-refractivity contribution in [3.05, 3.63) is 12.7 Å². The number of hydrogen-bond acceptors (Lipinski definition) is 5. The van der Waals surface area contributed by atoms with Crippen LogP contribution in [0.1, 0.15) is 26.7 Å². The standard InChI is InChI=1S/C11H20N2O6S/c1-4-9(14)13-11(2,3)10(15)12-7-5-6-8-19-20(16,17)18/h4H,1,5-8H2,2-3H3,(H,12,15)(H,13,14)(H,16,17,18). The highest BCUT2D eigenvalue weighted by Gasteiger charge is 2.28. The number of nitrogens with one attached hydrogen (secondary N) is 2. The minimum absolute atomic E-state index is 0.161. The highest BCUT2D eigenvalue weighted by molar-refractivity contribution is 7.80. The van der Waals surface area contributed by atoms with E-state index in [0.29, 0.717) is 19.4 Å². The summed E-state index contributed by atoms with van der Waals surface area (Å²) in [5.74, 6) is -0.824. The summed E-state index contributed by atoms with van der Waals surface area (Å²) in [7, 11) is -4.41. The van der Waals surface area contributed by atoms with Crippen LogP contribution in [0.15, 0.2) is 12.7 Å². The van der Waals surface area contributed by atoms with Gasteiger partial charge in [-0.2, -0.15) is 8.42 Å². The zero-order chi connectivity index (χ0) is 15.8. The van der Waals surface area contributed by atoms with Gasteiger partial charge in [0.25, 0.3) is 0 Å². The van der Waals surface area contributed by atoms with E-state index in [0.717, 1.165) is 6.08 Å². The molecule has 0 aliphatic heterocycles. The topological polar surface area (TPSA) is 122 Å². The van der Waals surface area contributed by atoms with Crippen LogP contribution in [0.5, 0.6) is 0 Å². The second-order valence-corrected chi connectivity index (χ2v) is 5.62. The van der Waals surface area contributed by atoms with Crippen LogP contribution in [0.25, 0.3) is 0 Å². The van der Waals surface area contributed by atoms with Crippen molar-refractivity contribution in [3.8, 4) is 0 Å². The third-order valence-corrected chi connectivity index (χ3v) is 2.74. The van der Waals surface area contributed by atoms with E-state index in [2.05, 4.69) is 21.4 Å². The van der Waals surface area contributed by atoms with Crippen molar-refractivity contribution >= 4 is 22.2 Å². The summed E-state index contributed by atoms with van der Waals surface area (Å²) in [5.41, 5.74) is -1.07. The van der Waals surface area contributed by atoms with Gasteiger partial charge in [0.05, 0.1) is 6.61 Å². The van der Waals surface area contributed by atoms with Gasteiger partial charge in [0.15, 0.2) is 0 Å². The fraction of sp³-hybridized carbons (Fsp3) is 0.636. The molecule has 0 rings (SSSR count). The van der Waals surface area contributed by atoms with Gasteiger partial charge in [0.1, 0.15) is 5.54 Å². The maximum atomic E-state index is 11.8. The predicted molar refractivity (Wildman–Crippen MR) is 72.2 cm³/mol. The molecule has 0 spiro atoms. The lowest BCUT2D eigenvalue weighted by atomic mass is 10.0. The molecule has 0 aromatic rings. The molecule has 0 bridgehead atoms. The van der Waals surface area contributed by atoms with Crippen molar-refractivity contribution < 1.29 is 26.7 Å². The van der Waals surface area contributed by atoms with E-state index in [1.165, 1.54) is 0 Å². The van der Waals surface area contributed by atoms with E-state index >= 15 is 0 Å². The van der Waals surface area contributed by atoms with Crippen molar-refractivity contribution in [2.24, 2.45) is 0 Å². The van der Waals surface area contributed by atoms with Crippen LogP contribution in [-0.4, -0.2) is 43.5 Å². The Bertz CT molecular complexity index is 458. The van der Waals surface area contributed by atoms with Crippen LogP contribution in [0.4, 0.5) is 0 Å². The van der Waals surface area contributed by atoms with Gasteiger partial charge in [0, 0.05) is 6.54 Å². The normalized spacial score (nSPS) is 11.8. The van der Waals surface area contributed by atoms with E-state index in [1.54, 1.807) is 13.8 Å². The van der Waals surface area contributed by atoms with Crippen LogP contribution >= 0.6 is 0 Å². The Morgan fingerprint density at radius 1 is 1.35 bits per heavy atom. The molecule has 20 heavy (non-hydrogen) atoms. The third-order valence-electron chi connectivity index (χ3n) is 2.28. The van der Waals surface area contributed by atoms with Gasteiger partial charge < -0.3 is 10.6 Å². The molecule has 0 saturated carbocycles. The molecular formula is C11H20N2O6S. The van der Waals surface area contributed by atoms with Crippen molar-refractivity contribution in [3.63, 3.8) is 0 Å². The minimum Gasteiger partial charge on any atom is -0.354 e. The summed E-state index contributed by atoms with van der Waals surface area (Å²) >= 11 is 0. The molecule has 0 aliphatic carbocycles. The van der Waals surface area contributed by atoms with Crippen LogP contribution < -0.4 is 10.6 Å². The predicted octanol–water partition coefficient (Wildman–Crippen LogP) is -0.217. The van der Waals surface area contributed by atoms with Crippen LogP contribution in [0, 0.1) is 0 Å². The first kappa shape index (κ1) is 18.6. The second kappa shape index (κ2) is 7.98. The largest absolute Gasteiger partial charge is 0.397 e. The van der Waals surface area contributed by atoms with E-state index in [9.17, 15) is 18.0 Å². The van der Waals surface area contributed by atoms with Gasteiger partial charge in [-0.1, -0.05) is 6.58 Å². The van der Waals surface area contributed by atoms with Crippen LogP contribution in [0.2, 0.25) is 0 Å². The van der Waals surface area contributed by atoms with Crippen LogP contribution in [-0.2, 0) is 24.2 Å². The molecular weight excluding hydrogens is 288 g/mol. The van der Waals surface area contributed by atoms with Gasteiger partial charge in [-0.25, -0.2) is 4.18 Å². The van der Waals surface area contributed by atoms with Gasteiger partial charge >= 0.3 is 10.4 Å². The SMILES string of the molecule is C=CC(=O)NC(C)(C)C(=O)NCCCCOS(=O)(=O)O. The van der Waals surface area contributed by atoms with Gasteiger partial charge in [0.2, 0.25) is 11.8 Å². The molecule has 8 nitrogen and oxygen atoms in total. The molecule has 0 aromatic carbocycles. The molecule has 0 saturated heterocycles. The first-order valence-electron chi connectivity index (χ1n) is 5.93. The van der Waals surface area contributed by atoms with Crippen molar-refractivity contribution in [2.45, 2.75) is 32.2 Å². The Balaban J connectivity index is 3.93. The Labute approximate surface area is 118 Å². The van der Waals surface area contributed by atoms with Crippen molar-refractivity contribution in [2.75, 3.05) is 13.2 Å². The summed E-state index contributed by atoms with van der Waals surface area (Å²) in [4.78, 5) is 22.9. The number of amides is 2. The second-order valence-electron chi connectivity index (χ2n) is 4.53. The number of rotatable bonds is 9. The number of carbonyl (C=O) groups is 2. The molecule has 9 heteroatoms. The lowest BCUT2D eigenvalue weighted by Gasteiger charge is -2.24. The Morgan fingerprint density at radius 3 is 2.45 bits per heavy atom. The summed E-state index contributed by atoms with van der Waals surface area (Å²) in [5, 5.41) is 5.07. The number of carbonyl (C=O) groups excluding carboxylic acids is 2. The Morgan fingerprint density at radius 2 is 1.95 bits per heavy atom. The molecule has 116 valence electrons. The van der Waals surface area contributed by atoms with Crippen LogP contribution in [0.3, 0.4) is 0 Å². The zero-order valence-corrected chi connectivity index (χ0v) is 12.3. The molecule has 0 fully saturated rings. The van der Waals surface area contributed by atoms with E-state index in [4.69, 9.17) is 4.55 Å². The smallest absolute Gasteiger partial charge is 0.354 e. The first-order chi connectivity index (χ1) is 9.08. The lowest BCUT2D eigenvalue weighted by molar-refractivity contribution is -0.130. The third kappa shape index (κ3) is 8.62. The minimum atomic E-state index is -4.41. The zero-order valence-electron chi connectivity index (χ0n) is 11.5. The number of unbranched alkanes of at least 4 members (excludes halogenated alkanes) is 1. The van der Waals surface area contributed by atoms with Crippen molar-refractivity contribution in [1.82, 2.24) is 10.6 Å². The van der Waals surface area contributed by atoms with E-state index in [1.807, 2.05) is 0 Å². The molecule has 0 heterocycles. The molecule has 0 aromatic heterocycles. The first-order valence-corrected chi connectivity index (χ1v) is 7.30. The van der Waals surface area contributed by atoms with Gasteiger partial charge in [-0.05, 0) is 32.8 Å². The molecule has 3 N–H and O–H groups in total. The maximum absolute atomic E-state index is 11.8. The average molecular weight is 308 g/mol. The molecule has 0 unspecified atom stereocenters. The van der Waals surface area contributed by atoms with Gasteiger partial charge in [-0.3, -0.25) is 14.1 Å². The summed E-state index contributed by atoms with van der Waals surface area (Å²) in [6.07, 6.45) is 1.88. The van der Waals surface area contributed by atoms with Gasteiger partial charge in [-0.15, -0.1) is 0 Å². The number of hydrogen-bond donors (Lipinski definition) is 3. The highest BCUT2D eigenvalue weighted by atomic mass is 32.3. The highest BCUT2D eigenvalue weighted by Crippen LogP contribution is 2.02. The van der Waals surface area contributed by atoms with Crippen molar-refractivity contribution in [1.29, 1.82) is 0 Å². The Kier molecular flexibility index (Phi) is 7.40. The fourth-order valence-corrected chi connectivity index (χ4v) is 1.56. The lowest BCUT2D eigenvalue weighted by Crippen LogP contribution is -2.54. The molecule has 2 amide bonds. The summed E-state index contributed by atoms with van der Waals surface area (Å²) in [6, 6.07) is 0. The summed E-state index contributed by atoms with van der Waals surface area (Å²) in [6.45, 7) is 6.52. The quantitative estimate of drug-likeness (QED) is 0.307. The molecule has 0 atom stereocenters. The van der Waals surface area contributed by atoms with E-state index < -0.39 is 21.8 Å². The molecule has 0 aliphatic rings. The average Bonchev–Trinajstić information content (AvgIpc) is 2.31. The fourth-order valence-electron chi connectivity index (χ4n) is 1.23.